The Labute approximate surface area is 64.2 Å². The van der Waals surface area contributed by atoms with Gasteiger partial charge < -0.3 is 4.74 Å². The Kier molecular flexibility index (Phi) is 2.06. The van der Waals surface area contributed by atoms with E-state index in [0.717, 1.165) is 0 Å². The predicted octanol–water partition coefficient (Wildman–Crippen LogP) is 0.568. The van der Waals surface area contributed by atoms with Gasteiger partial charge in [-0.1, -0.05) is 0 Å². The molecular formula is C6H8ClN2O+. The van der Waals surface area contributed by atoms with Crippen LogP contribution in [0.3, 0.4) is 0 Å². The number of methoxy groups -OCH3 is 1. The summed E-state index contributed by atoms with van der Waals surface area (Å²) in [5, 5.41) is 0.505. The lowest BCUT2D eigenvalue weighted by Crippen LogP contribution is -2.29. The summed E-state index contributed by atoms with van der Waals surface area (Å²) in [6.45, 7) is 0. The van der Waals surface area contributed by atoms with Crippen LogP contribution in [-0.4, -0.2) is 12.1 Å². The molecule has 0 fully saturated rings. The molecule has 10 heavy (non-hydrogen) atoms. The smallest absolute Gasteiger partial charge is 0.337 e. The Balaban J connectivity index is 3.14. The van der Waals surface area contributed by atoms with E-state index in [1.165, 1.54) is 7.11 Å². The van der Waals surface area contributed by atoms with E-state index in [4.69, 9.17) is 16.3 Å². The van der Waals surface area contributed by atoms with E-state index in [0.29, 0.717) is 11.0 Å². The summed E-state index contributed by atoms with van der Waals surface area (Å²) < 4.78 is 6.59. The largest absolute Gasteiger partial charge is 0.476 e. The average molecular weight is 160 g/mol. The first-order valence-electron chi connectivity index (χ1n) is 2.80. The molecule has 0 amide bonds. The molecule has 1 aromatic heterocycles. The fourth-order valence-corrected chi connectivity index (χ4v) is 0.790. The highest BCUT2D eigenvalue weighted by Crippen LogP contribution is 2.13. The summed E-state index contributed by atoms with van der Waals surface area (Å²) in [6.07, 6.45) is 3.38. The van der Waals surface area contributed by atoms with E-state index in [2.05, 4.69) is 4.98 Å². The Morgan fingerprint density at radius 3 is 2.90 bits per heavy atom. The molecule has 0 aliphatic carbocycles. The molecule has 0 aromatic carbocycles. The lowest BCUT2D eigenvalue weighted by Gasteiger charge is -1.96. The van der Waals surface area contributed by atoms with E-state index in [1.54, 1.807) is 17.0 Å². The zero-order valence-corrected chi connectivity index (χ0v) is 6.59. The van der Waals surface area contributed by atoms with Crippen LogP contribution in [0.5, 0.6) is 5.88 Å². The minimum Gasteiger partial charge on any atom is -0.476 e. The summed E-state index contributed by atoms with van der Waals surface area (Å²) >= 11 is 5.77. The molecule has 0 saturated heterocycles. The van der Waals surface area contributed by atoms with Gasteiger partial charge in [0.25, 0.3) is 0 Å². The minimum absolute atomic E-state index is 0.451. The summed E-state index contributed by atoms with van der Waals surface area (Å²) in [6, 6.07) is 0. The summed E-state index contributed by atoms with van der Waals surface area (Å²) in [4.78, 5) is 3.88. The van der Waals surface area contributed by atoms with Crippen LogP contribution in [0.2, 0.25) is 5.15 Å². The number of rotatable bonds is 1. The van der Waals surface area contributed by atoms with Crippen LogP contribution in [-0.2, 0) is 7.05 Å². The first kappa shape index (κ1) is 7.28. The molecular weight excluding hydrogens is 152 g/mol. The molecule has 1 rings (SSSR count). The van der Waals surface area contributed by atoms with Gasteiger partial charge in [-0.2, -0.15) is 4.57 Å². The van der Waals surface area contributed by atoms with Crippen molar-refractivity contribution >= 4 is 11.6 Å². The van der Waals surface area contributed by atoms with Gasteiger partial charge in [-0.25, -0.2) is 4.98 Å². The van der Waals surface area contributed by atoms with E-state index in [1.807, 2.05) is 7.05 Å². The topological polar surface area (TPSA) is 26.0 Å². The standard InChI is InChI=1S/C6H8ClN2O/c1-9-4-3-8-6(10-2)5(9)7/h3-4H,1-2H3/q+1. The number of ether oxygens (including phenoxy) is 1. The van der Waals surface area contributed by atoms with Gasteiger partial charge in [0.1, 0.15) is 7.05 Å². The summed E-state index contributed by atoms with van der Waals surface area (Å²) in [7, 11) is 3.36. The van der Waals surface area contributed by atoms with Crippen molar-refractivity contribution in [2.24, 2.45) is 7.05 Å². The molecule has 0 aliphatic heterocycles. The zero-order valence-electron chi connectivity index (χ0n) is 5.84. The highest BCUT2D eigenvalue weighted by molar-refractivity contribution is 6.29. The van der Waals surface area contributed by atoms with Gasteiger partial charge in [0.05, 0.1) is 13.3 Å². The molecule has 3 nitrogen and oxygen atoms in total. The minimum atomic E-state index is 0.451. The van der Waals surface area contributed by atoms with Gasteiger partial charge in [-0.3, -0.25) is 0 Å². The molecule has 0 radical (unpaired) electrons. The fraction of sp³-hybridized carbons (Fsp3) is 0.333. The summed E-state index contributed by atoms with van der Waals surface area (Å²) in [5.74, 6) is 0.451. The van der Waals surface area contributed by atoms with Crippen molar-refractivity contribution in [3.05, 3.63) is 17.5 Å². The Hall–Kier alpha value is -0.830. The number of nitrogens with zero attached hydrogens (tertiary/aromatic N) is 2. The van der Waals surface area contributed by atoms with Gasteiger partial charge in [0, 0.05) is 0 Å². The van der Waals surface area contributed by atoms with Crippen LogP contribution in [0.1, 0.15) is 0 Å². The molecule has 0 saturated carbocycles. The normalized spacial score (nSPS) is 9.50. The van der Waals surface area contributed by atoms with Crippen LogP contribution in [0.4, 0.5) is 0 Å². The second-order valence-corrected chi connectivity index (χ2v) is 2.20. The maximum Gasteiger partial charge on any atom is 0.337 e. The number of halogens is 1. The second kappa shape index (κ2) is 2.84. The van der Waals surface area contributed by atoms with E-state index in [-0.39, 0.29) is 0 Å². The first-order chi connectivity index (χ1) is 4.75. The Bertz CT molecular complexity index is 239. The molecule has 1 aromatic rings. The third-order valence-corrected chi connectivity index (χ3v) is 1.59. The number of aromatic nitrogens is 2. The number of hydrogen-bond donors (Lipinski definition) is 0. The number of aryl methyl sites for hydroxylation is 1. The number of hydrogen-bond acceptors (Lipinski definition) is 2. The van der Waals surface area contributed by atoms with Crippen molar-refractivity contribution < 1.29 is 9.30 Å². The molecule has 0 aliphatic rings. The third-order valence-electron chi connectivity index (χ3n) is 1.16. The van der Waals surface area contributed by atoms with Crippen molar-refractivity contribution in [2.75, 3.05) is 7.11 Å². The van der Waals surface area contributed by atoms with Crippen LogP contribution < -0.4 is 9.30 Å². The van der Waals surface area contributed by atoms with Gasteiger partial charge in [-0.05, 0) is 11.6 Å². The predicted molar refractivity (Wildman–Crippen MR) is 37.0 cm³/mol. The average Bonchev–Trinajstić information content (AvgIpc) is 1.95. The van der Waals surface area contributed by atoms with E-state index < -0.39 is 0 Å². The second-order valence-electron chi connectivity index (χ2n) is 1.84. The van der Waals surface area contributed by atoms with Crippen LogP contribution in [0, 0.1) is 0 Å². The third kappa shape index (κ3) is 1.19. The molecule has 0 bridgehead atoms. The van der Waals surface area contributed by atoms with Gasteiger partial charge in [-0.15, -0.1) is 0 Å². The molecule has 54 valence electrons. The zero-order chi connectivity index (χ0) is 7.56. The lowest BCUT2D eigenvalue weighted by molar-refractivity contribution is -0.670. The van der Waals surface area contributed by atoms with Crippen LogP contribution in [0.15, 0.2) is 12.4 Å². The quantitative estimate of drug-likeness (QED) is 0.560. The van der Waals surface area contributed by atoms with Gasteiger partial charge in [0.2, 0.25) is 0 Å². The Morgan fingerprint density at radius 1 is 1.70 bits per heavy atom. The molecule has 0 N–H and O–H groups in total. The maximum absolute atomic E-state index is 5.77. The molecule has 0 spiro atoms. The van der Waals surface area contributed by atoms with Crippen molar-refractivity contribution in [3.63, 3.8) is 0 Å². The highest BCUT2D eigenvalue weighted by atomic mass is 35.5. The van der Waals surface area contributed by atoms with Crippen molar-refractivity contribution in [1.29, 1.82) is 0 Å². The van der Waals surface area contributed by atoms with Crippen LogP contribution in [0.25, 0.3) is 0 Å². The highest BCUT2D eigenvalue weighted by Gasteiger charge is 2.10. The van der Waals surface area contributed by atoms with Gasteiger partial charge in [0.15, 0.2) is 6.20 Å². The molecule has 0 atom stereocenters. The SMILES string of the molecule is COc1ncc[n+](C)c1Cl. The monoisotopic (exact) mass is 159 g/mol. The maximum atomic E-state index is 5.77. The summed E-state index contributed by atoms with van der Waals surface area (Å²) in [5.41, 5.74) is 0. The van der Waals surface area contributed by atoms with Crippen molar-refractivity contribution in [1.82, 2.24) is 4.98 Å². The van der Waals surface area contributed by atoms with Crippen LogP contribution >= 0.6 is 11.6 Å². The van der Waals surface area contributed by atoms with Crippen molar-refractivity contribution in [2.45, 2.75) is 0 Å². The van der Waals surface area contributed by atoms with Crippen molar-refractivity contribution in [3.8, 4) is 5.88 Å². The lowest BCUT2D eigenvalue weighted by atomic mass is 10.7. The van der Waals surface area contributed by atoms with E-state index in [9.17, 15) is 0 Å². The van der Waals surface area contributed by atoms with E-state index >= 15 is 0 Å². The Morgan fingerprint density at radius 2 is 2.40 bits per heavy atom. The molecule has 0 unspecified atom stereocenters. The molecule has 4 heteroatoms. The van der Waals surface area contributed by atoms with Gasteiger partial charge >= 0.3 is 11.0 Å². The molecule has 1 heterocycles. The first-order valence-corrected chi connectivity index (χ1v) is 3.17. The fourth-order valence-electron chi connectivity index (χ4n) is 0.608.